The molecule has 39 heavy (non-hydrogen) atoms. The number of carbonyl (C=O) groups excluding carboxylic acids is 1. The van der Waals surface area contributed by atoms with Crippen molar-refractivity contribution in [3.63, 3.8) is 0 Å². The highest BCUT2D eigenvalue weighted by Crippen LogP contribution is 2.41. The number of benzene rings is 1. The van der Waals surface area contributed by atoms with Gasteiger partial charge < -0.3 is 28.2 Å². The maximum atomic E-state index is 13.4. The third-order valence-electron chi connectivity index (χ3n) is 7.44. The van der Waals surface area contributed by atoms with Gasteiger partial charge in [-0.25, -0.2) is 0 Å². The first-order valence-electron chi connectivity index (χ1n) is 13.5. The normalized spacial score (nSPS) is 20.9. The third kappa shape index (κ3) is 9.95. The second-order valence-electron chi connectivity index (χ2n) is 12.0. The first-order chi connectivity index (χ1) is 18.1. The summed E-state index contributed by atoms with van der Waals surface area (Å²) in [6.07, 6.45) is 0.347. The van der Waals surface area contributed by atoms with Crippen molar-refractivity contribution in [2.45, 2.75) is 102 Å². The Morgan fingerprint density at radius 3 is 2.38 bits per heavy atom. The van der Waals surface area contributed by atoms with E-state index in [4.69, 9.17) is 28.2 Å². The van der Waals surface area contributed by atoms with Gasteiger partial charge in [0, 0.05) is 26.4 Å². The van der Waals surface area contributed by atoms with Crippen LogP contribution in [0.2, 0.25) is 18.1 Å². The van der Waals surface area contributed by atoms with E-state index in [0.29, 0.717) is 19.6 Å². The van der Waals surface area contributed by atoms with Gasteiger partial charge in [-0.1, -0.05) is 39.5 Å². The van der Waals surface area contributed by atoms with Crippen LogP contribution in [0.1, 0.15) is 53.0 Å². The quantitative estimate of drug-likeness (QED) is 0.153. The molecule has 0 spiro atoms. The number of methoxy groups -OCH3 is 1. The van der Waals surface area contributed by atoms with Crippen LogP contribution in [-0.2, 0) is 34.9 Å². The minimum Gasteiger partial charge on any atom is -0.497 e. The zero-order valence-electron chi connectivity index (χ0n) is 25.5. The van der Waals surface area contributed by atoms with Gasteiger partial charge in [-0.3, -0.25) is 4.79 Å². The molecule has 1 aromatic carbocycles. The summed E-state index contributed by atoms with van der Waals surface area (Å²) in [6, 6.07) is 7.76. The average Bonchev–Trinajstić information content (AvgIpc) is 3.20. The highest BCUT2D eigenvalue weighted by molar-refractivity contribution is 6.74. The number of Topliss-reactive ketones (excluding diaryl/α,β-unsaturated/α-hetero) is 1. The van der Waals surface area contributed by atoms with Gasteiger partial charge in [0.25, 0.3) is 0 Å². The fraction of sp³-hybridized carbons (Fsp3) is 0.667. The van der Waals surface area contributed by atoms with Crippen molar-refractivity contribution in [1.29, 1.82) is 0 Å². The molecule has 1 aliphatic heterocycles. The minimum absolute atomic E-state index is 0.0470. The van der Waals surface area contributed by atoms with E-state index in [1.165, 1.54) is 0 Å². The third-order valence-corrected chi connectivity index (χ3v) is 11.9. The lowest BCUT2D eigenvalue weighted by molar-refractivity contribution is -0.161. The fourth-order valence-corrected chi connectivity index (χ4v) is 5.43. The standard InChI is InChI=1S/C30H49NO7Si/c1-12-13-24(35-21-22-14-16-23(33-8)17-15-22)20-26(38-39(10,11)29(2,3)4)28-27(36-30(5,6)37-28)25(32)18-19-31(7)34-9/h13-17,24,26-28H,1,18-21H2,2-11H3/t24-,26-,27+,28-/m0/s1. The Hall–Kier alpha value is -1.81. The van der Waals surface area contributed by atoms with Crippen molar-refractivity contribution in [2.75, 3.05) is 27.8 Å². The van der Waals surface area contributed by atoms with Crippen molar-refractivity contribution in [3.05, 3.63) is 48.2 Å². The Morgan fingerprint density at radius 2 is 1.85 bits per heavy atom. The van der Waals surface area contributed by atoms with Crippen LogP contribution < -0.4 is 4.74 Å². The van der Waals surface area contributed by atoms with Gasteiger partial charge in [-0.15, -0.1) is 5.73 Å². The summed E-state index contributed by atoms with van der Waals surface area (Å²) in [5.74, 6) is -0.188. The molecule has 220 valence electrons. The molecule has 0 bridgehead atoms. The van der Waals surface area contributed by atoms with E-state index >= 15 is 0 Å². The van der Waals surface area contributed by atoms with Crippen molar-refractivity contribution in [1.82, 2.24) is 5.06 Å². The number of ketones is 1. The number of hydrogen-bond acceptors (Lipinski definition) is 8. The van der Waals surface area contributed by atoms with Gasteiger partial charge in [0.15, 0.2) is 19.9 Å². The maximum Gasteiger partial charge on any atom is 0.192 e. The average molecular weight is 564 g/mol. The summed E-state index contributed by atoms with van der Waals surface area (Å²) in [5, 5.41) is 1.57. The lowest BCUT2D eigenvalue weighted by Gasteiger charge is -2.41. The van der Waals surface area contributed by atoms with Crippen LogP contribution in [0.25, 0.3) is 0 Å². The molecule has 0 unspecified atom stereocenters. The number of carbonyl (C=O) groups is 1. The molecule has 2 rings (SSSR count). The van der Waals surface area contributed by atoms with Gasteiger partial charge in [-0.05, 0) is 55.8 Å². The van der Waals surface area contributed by atoms with Crippen LogP contribution in [0.4, 0.5) is 0 Å². The second kappa shape index (κ2) is 14.2. The Kier molecular flexibility index (Phi) is 12.2. The van der Waals surface area contributed by atoms with Crippen LogP contribution in [-0.4, -0.2) is 77.2 Å². The summed E-state index contributed by atoms with van der Waals surface area (Å²) in [7, 11) is 2.74. The van der Waals surface area contributed by atoms with Crippen molar-refractivity contribution in [3.8, 4) is 5.75 Å². The molecule has 1 fully saturated rings. The highest BCUT2D eigenvalue weighted by Gasteiger charge is 2.51. The summed E-state index contributed by atoms with van der Waals surface area (Å²) < 4.78 is 31.1. The number of hydrogen-bond donors (Lipinski definition) is 0. The van der Waals surface area contributed by atoms with Crippen LogP contribution in [0, 0.1) is 0 Å². The van der Waals surface area contributed by atoms with E-state index in [2.05, 4.69) is 46.2 Å². The lowest BCUT2D eigenvalue weighted by Crippen LogP contribution is -2.51. The predicted molar refractivity (Wildman–Crippen MR) is 155 cm³/mol. The van der Waals surface area contributed by atoms with Gasteiger partial charge in [-0.2, -0.15) is 5.06 Å². The largest absolute Gasteiger partial charge is 0.497 e. The predicted octanol–water partition coefficient (Wildman–Crippen LogP) is 5.67. The number of nitrogens with zero attached hydrogens (tertiary/aromatic N) is 1. The van der Waals surface area contributed by atoms with Crippen LogP contribution in [0.15, 0.2) is 42.7 Å². The highest BCUT2D eigenvalue weighted by atomic mass is 28.4. The molecule has 0 radical (unpaired) electrons. The Bertz CT molecular complexity index is 967. The minimum atomic E-state index is -2.27. The number of rotatable bonds is 15. The van der Waals surface area contributed by atoms with Gasteiger partial charge in [0.1, 0.15) is 18.0 Å². The summed E-state index contributed by atoms with van der Waals surface area (Å²) >= 11 is 0. The molecule has 8 nitrogen and oxygen atoms in total. The van der Waals surface area contributed by atoms with Crippen LogP contribution >= 0.6 is 0 Å². The molecule has 1 aliphatic rings. The van der Waals surface area contributed by atoms with E-state index in [1.54, 1.807) is 32.4 Å². The summed E-state index contributed by atoms with van der Waals surface area (Å²) in [5.41, 5.74) is 3.89. The van der Waals surface area contributed by atoms with Crippen molar-refractivity contribution < 1.29 is 33.0 Å². The molecule has 0 N–H and O–H groups in total. The molecular weight excluding hydrogens is 514 g/mol. The molecule has 1 saturated heterocycles. The van der Waals surface area contributed by atoms with E-state index in [0.717, 1.165) is 11.3 Å². The maximum absolute atomic E-state index is 13.4. The number of hydroxylamine groups is 2. The first kappa shape index (κ1) is 33.4. The van der Waals surface area contributed by atoms with E-state index in [-0.39, 0.29) is 23.3 Å². The topological polar surface area (TPSA) is 75.7 Å². The molecular formula is C30H49NO7Si. The zero-order valence-corrected chi connectivity index (χ0v) is 26.5. The van der Waals surface area contributed by atoms with Crippen molar-refractivity contribution in [2.24, 2.45) is 0 Å². The molecule has 0 aromatic heterocycles. The Morgan fingerprint density at radius 1 is 1.21 bits per heavy atom. The monoisotopic (exact) mass is 563 g/mol. The van der Waals surface area contributed by atoms with E-state index in [9.17, 15) is 4.79 Å². The van der Waals surface area contributed by atoms with E-state index in [1.807, 2.05) is 38.1 Å². The second-order valence-corrected chi connectivity index (χ2v) is 16.7. The molecule has 1 heterocycles. The van der Waals surface area contributed by atoms with Gasteiger partial charge >= 0.3 is 0 Å². The summed E-state index contributed by atoms with van der Waals surface area (Å²) in [4.78, 5) is 18.6. The van der Waals surface area contributed by atoms with Gasteiger partial charge in [0.05, 0.1) is 33.0 Å². The van der Waals surface area contributed by atoms with Crippen molar-refractivity contribution >= 4 is 14.1 Å². The SMILES string of the molecule is C=C=C[C@@H](C[C@H](O[Si](C)(C)C(C)(C)C)[C@@H]1OC(C)(C)O[C@@H]1C(=O)CCN(C)OC)OCc1ccc(OC)cc1. The zero-order chi connectivity index (χ0) is 29.4. The van der Waals surface area contributed by atoms with E-state index < -0.39 is 32.4 Å². The lowest BCUT2D eigenvalue weighted by atomic mass is 9.98. The van der Waals surface area contributed by atoms with Gasteiger partial charge in [0.2, 0.25) is 0 Å². The fourth-order valence-electron chi connectivity index (χ4n) is 4.09. The molecule has 0 amide bonds. The molecule has 1 aromatic rings. The first-order valence-corrected chi connectivity index (χ1v) is 16.4. The smallest absolute Gasteiger partial charge is 0.192 e. The Labute approximate surface area is 236 Å². The molecule has 0 saturated carbocycles. The summed E-state index contributed by atoms with van der Waals surface area (Å²) in [6.45, 7) is 19.2. The molecule has 4 atom stereocenters. The Balaban J connectivity index is 2.34. The van der Waals surface area contributed by atoms with Crippen LogP contribution in [0.3, 0.4) is 0 Å². The van der Waals surface area contributed by atoms with Crippen LogP contribution in [0.5, 0.6) is 5.75 Å². The number of ether oxygens (including phenoxy) is 4. The molecule has 9 heteroatoms. The molecule has 0 aliphatic carbocycles.